The quantitative estimate of drug-likeness (QED) is 0.365. The van der Waals surface area contributed by atoms with Crippen molar-refractivity contribution < 1.29 is 18.7 Å². The molecule has 1 amide bonds. The number of anilines is 1. The first-order valence-corrected chi connectivity index (χ1v) is 12.8. The Hall–Kier alpha value is -4.74. The van der Waals surface area contributed by atoms with Crippen LogP contribution in [0.3, 0.4) is 0 Å². The van der Waals surface area contributed by atoms with E-state index in [0.717, 1.165) is 16.7 Å². The molecule has 4 heterocycles. The first kappa shape index (κ1) is 26.9. The Morgan fingerprint density at radius 1 is 1.15 bits per heavy atom. The van der Waals surface area contributed by atoms with Crippen LogP contribution in [0.5, 0.6) is 5.75 Å². The van der Waals surface area contributed by atoms with E-state index >= 15 is 4.39 Å². The monoisotopic (exact) mass is 547 g/mol. The minimum atomic E-state index is -0.915. The summed E-state index contributed by atoms with van der Waals surface area (Å²) in [4.78, 5) is 46.8. The number of aromatic hydroxyl groups is 1. The number of carbonyl (C=O) groups is 1. The lowest BCUT2D eigenvalue weighted by atomic mass is 10.1. The van der Waals surface area contributed by atoms with Gasteiger partial charge in [0.15, 0.2) is 17.3 Å². The predicted octanol–water partition coefficient (Wildman–Crippen LogP) is 3.40. The van der Waals surface area contributed by atoms with E-state index in [1.54, 1.807) is 4.90 Å². The Balaban J connectivity index is 1.79. The smallest absolute Gasteiger partial charge is 0.357 e. The molecule has 4 aromatic rings. The maximum Gasteiger partial charge on any atom is 0.357 e. The molecule has 0 radical (unpaired) electrons. The summed E-state index contributed by atoms with van der Waals surface area (Å²) in [5.74, 6) is -2.16. The van der Waals surface area contributed by atoms with Gasteiger partial charge in [-0.3, -0.25) is 9.78 Å². The number of aryl methyl sites for hydroxylation is 1. The lowest BCUT2D eigenvalue weighted by Gasteiger charge is -2.40. The van der Waals surface area contributed by atoms with Gasteiger partial charge in [-0.2, -0.15) is 4.98 Å². The standard InChI is InChI=1S/C28H27F2N7O3/c1-4-7-20-27(32-11-10-31-20)37-26-17(14-19(30)24(33-26)23-18(29)8-6-9-21(23)38)25(34-28(37)40)36-13-12-35(15-16(36)3)22(39)5-2/h5-6,8-11,14,16,38H,2,4,7,12-13,15H2,1,3H3/t16-/m0/s1. The summed E-state index contributed by atoms with van der Waals surface area (Å²) >= 11 is 0. The summed E-state index contributed by atoms with van der Waals surface area (Å²) in [6.07, 6.45) is 5.38. The van der Waals surface area contributed by atoms with E-state index < -0.39 is 34.3 Å². The van der Waals surface area contributed by atoms with Crippen LogP contribution in [-0.2, 0) is 11.2 Å². The molecule has 0 spiro atoms. The SMILES string of the molecule is C=CC(=O)N1CCN(c2nc(=O)n(-c3nccnc3CCC)c3nc(-c4c(O)cccc4F)c(F)cc23)[C@@H](C)C1. The molecule has 1 aromatic carbocycles. The van der Waals surface area contributed by atoms with Crippen molar-refractivity contribution in [1.82, 2.24) is 29.4 Å². The molecule has 1 atom stereocenters. The zero-order chi connectivity index (χ0) is 28.6. The van der Waals surface area contributed by atoms with Crippen molar-refractivity contribution in [1.29, 1.82) is 0 Å². The zero-order valence-corrected chi connectivity index (χ0v) is 22.0. The second-order valence-electron chi connectivity index (χ2n) is 9.48. The molecule has 0 unspecified atom stereocenters. The van der Waals surface area contributed by atoms with Crippen LogP contribution in [0.4, 0.5) is 14.6 Å². The van der Waals surface area contributed by atoms with Gasteiger partial charge in [-0.1, -0.05) is 26.0 Å². The topological polar surface area (TPSA) is 117 Å². The molecule has 1 aliphatic rings. The Bertz CT molecular complexity index is 1670. The third kappa shape index (κ3) is 4.65. The third-order valence-electron chi connectivity index (χ3n) is 6.87. The van der Waals surface area contributed by atoms with E-state index in [0.29, 0.717) is 38.2 Å². The predicted molar refractivity (Wildman–Crippen MR) is 145 cm³/mol. The first-order chi connectivity index (χ1) is 19.2. The van der Waals surface area contributed by atoms with Crippen molar-refractivity contribution in [2.75, 3.05) is 24.5 Å². The molecule has 12 heteroatoms. The van der Waals surface area contributed by atoms with Gasteiger partial charge >= 0.3 is 5.69 Å². The highest BCUT2D eigenvalue weighted by atomic mass is 19.1. The molecule has 1 aliphatic heterocycles. The summed E-state index contributed by atoms with van der Waals surface area (Å²) in [5.41, 5.74) is -1.15. The number of amides is 1. The van der Waals surface area contributed by atoms with Crippen molar-refractivity contribution >= 4 is 22.8 Å². The van der Waals surface area contributed by atoms with Gasteiger partial charge in [0.25, 0.3) is 0 Å². The number of phenolic OH excluding ortho intramolecular Hbond substituents is 1. The van der Waals surface area contributed by atoms with Gasteiger partial charge < -0.3 is 14.9 Å². The maximum atomic E-state index is 15.7. The molecule has 5 rings (SSSR count). The van der Waals surface area contributed by atoms with Crippen LogP contribution < -0.4 is 10.6 Å². The molecule has 3 aromatic heterocycles. The van der Waals surface area contributed by atoms with E-state index in [2.05, 4.69) is 26.5 Å². The second kappa shape index (κ2) is 10.8. The van der Waals surface area contributed by atoms with Crippen molar-refractivity contribution in [3.63, 3.8) is 0 Å². The summed E-state index contributed by atoms with van der Waals surface area (Å²) < 4.78 is 31.6. The zero-order valence-electron chi connectivity index (χ0n) is 22.0. The average molecular weight is 548 g/mol. The lowest BCUT2D eigenvalue weighted by Crippen LogP contribution is -2.54. The van der Waals surface area contributed by atoms with Crippen molar-refractivity contribution in [3.05, 3.63) is 77.1 Å². The van der Waals surface area contributed by atoms with E-state index in [4.69, 9.17) is 0 Å². The Labute approximate surface area is 228 Å². The molecule has 0 bridgehead atoms. The molecular weight excluding hydrogens is 520 g/mol. The fraction of sp³-hybridized carbons (Fsp3) is 0.286. The number of fused-ring (bicyclic) bond motifs is 1. The van der Waals surface area contributed by atoms with Crippen molar-refractivity contribution in [3.8, 4) is 22.8 Å². The molecule has 0 aliphatic carbocycles. The normalized spacial score (nSPS) is 15.4. The molecule has 10 nitrogen and oxygen atoms in total. The minimum absolute atomic E-state index is 0.0243. The highest BCUT2D eigenvalue weighted by molar-refractivity contribution is 5.91. The van der Waals surface area contributed by atoms with E-state index in [9.17, 15) is 19.1 Å². The molecule has 1 fully saturated rings. The molecular formula is C28H27F2N7O3. The van der Waals surface area contributed by atoms with Gasteiger partial charge in [0.1, 0.15) is 23.1 Å². The largest absolute Gasteiger partial charge is 0.507 e. The fourth-order valence-corrected chi connectivity index (χ4v) is 5.00. The lowest BCUT2D eigenvalue weighted by molar-refractivity contribution is -0.126. The van der Waals surface area contributed by atoms with Crippen LogP contribution in [0.25, 0.3) is 28.1 Å². The summed E-state index contributed by atoms with van der Waals surface area (Å²) in [5, 5.41) is 10.6. The summed E-state index contributed by atoms with van der Waals surface area (Å²) in [6.45, 7) is 8.33. The Morgan fingerprint density at radius 3 is 2.62 bits per heavy atom. The number of nitrogens with zero attached hydrogens (tertiary/aromatic N) is 7. The molecule has 40 heavy (non-hydrogen) atoms. The number of carbonyl (C=O) groups excluding carboxylic acids is 1. The van der Waals surface area contributed by atoms with Crippen molar-refractivity contribution in [2.24, 2.45) is 0 Å². The average Bonchev–Trinajstić information content (AvgIpc) is 2.93. The number of pyridine rings is 1. The second-order valence-corrected chi connectivity index (χ2v) is 9.48. The number of halogens is 2. The highest BCUT2D eigenvalue weighted by Gasteiger charge is 2.30. The molecule has 0 saturated carbocycles. The van der Waals surface area contributed by atoms with Crippen LogP contribution in [0.1, 0.15) is 26.0 Å². The first-order valence-electron chi connectivity index (χ1n) is 12.8. The summed E-state index contributed by atoms with van der Waals surface area (Å²) in [7, 11) is 0. The number of aromatic nitrogens is 5. The molecule has 1 N–H and O–H groups in total. The number of rotatable bonds is 6. The van der Waals surface area contributed by atoms with Crippen LogP contribution >= 0.6 is 0 Å². The van der Waals surface area contributed by atoms with Gasteiger partial charge in [0, 0.05) is 38.1 Å². The van der Waals surface area contributed by atoms with Gasteiger partial charge in [-0.25, -0.2) is 28.1 Å². The van der Waals surface area contributed by atoms with Crippen LogP contribution in [-0.4, -0.2) is 66.1 Å². The van der Waals surface area contributed by atoms with Crippen LogP contribution in [0.2, 0.25) is 0 Å². The highest BCUT2D eigenvalue weighted by Crippen LogP contribution is 2.36. The van der Waals surface area contributed by atoms with Crippen LogP contribution in [0.15, 0.2) is 54.1 Å². The number of phenols is 1. The van der Waals surface area contributed by atoms with Gasteiger partial charge in [0.2, 0.25) is 5.91 Å². The molecule has 1 saturated heterocycles. The maximum absolute atomic E-state index is 15.7. The molecule has 206 valence electrons. The number of benzene rings is 1. The van der Waals surface area contributed by atoms with E-state index in [-0.39, 0.29) is 34.6 Å². The Morgan fingerprint density at radius 2 is 1.93 bits per heavy atom. The van der Waals surface area contributed by atoms with Gasteiger partial charge in [0.05, 0.1) is 16.6 Å². The number of hydrogen-bond acceptors (Lipinski definition) is 8. The van der Waals surface area contributed by atoms with E-state index in [1.165, 1.54) is 30.6 Å². The number of piperazine rings is 1. The van der Waals surface area contributed by atoms with Gasteiger partial charge in [-0.15, -0.1) is 0 Å². The number of hydrogen-bond donors (Lipinski definition) is 1. The third-order valence-corrected chi connectivity index (χ3v) is 6.87. The van der Waals surface area contributed by atoms with E-state index in [1.807, 2.05) is 18.7 Å². The van der Waals surface area contributed by atoms with Crippen LogP contribution in [0, 0.1) is 11.6 Å². The summed E-state index contributed by atoms with van der Waals surface area (Å²) in [6, 6.07) is 4.45. The van der Waals surface area contributed by atoms with Gasteiger partial charge in [-0.05, 0) is 37.6 Å². The van der Waals surface area contributed by atoms with Crippen molar-refractivity contribution in [2.45, 2.75) is 32.7 Å². The Kier molecular flexibility index (Phi) is 7.24. The minimum Gasteiger partial charge on any atom is -0.507 e. The fourth-order valence-electron chi connectivity index (χ4n) is 5.00.